The summed E-state index contributed by atoms with van der Waals surface area (Å²) in [4.78, 5) is 12.1. The van der Waals surface area contributed by atoms with Crippen LogP contribution in [0.4, 0.5) is 0 Å². The summed E-state index contributed by atoms with van der Waals surface area (Å²) in [5, 5.41) is 0. The number of hydrogen-bond acceptors (Lipinski definition) is 5. The Hall–Kier alpha value is -0.450. The Morgan fingerprint density at radius 2 is 1.94 bits per heavy atom. The maximum absolute atomic E-state index is 12.3. The molecule has 0 saturated heterocycles. The van der Waals surface area contributed by atoms with E-state index in [1.54, 1.807) is 27.7 Å². The van der Waals surface area contributed by atoms with Crippen molar-refractivity contribution in [3.05, 3.63) is 0 Å². The van der Waals surface area contributed by atoms with E-state index in [4.69, 9.17) is 27.2 Å². The second-order valence-corrected chi connectivity index (χ2v) is 8.27. The van der Waals surface area contributed by atoms with Gasteiger partial charge in [-0.3, -0.25) is 9.36 Å². The van der Waals surface area contributed by atoms with Crippen LogP contribution < -0.4 is 5.73 Å². The zero-order valence-corrected chi connectivity index (χ0v) is 13.3. The fourth-order valence-electron chi connectivity index (χ4n) is 1.35. The van der Waals surface area contributed by atoms with Crippen LogP contribution >= 0.6 is 19.6 Å². The number of hydrogen-bond donors (Lipinski definition) is 1. The highest BCUT2D eigenvalue weighted by atomic mass is 32.1. The highest BCUT2D eigenvalue weighted by Gasteiger charge is 2.38. The second kappa shape index (κ2) is 6.64. The van der Waals surface area contributed by atoms with Crippen LogP contribution in [0.3, 0.4) is 0 Å². The summed E-state index contributed by atoms with van der Waals surface area (Å²) in [6.45, 7) is 8.59. The Morgan fingerprint density at radius 3 is 2.28 bits per heavy atom. The summed E-state index contributed by atoms with van der Waals surface area (Å²) in [5.74, 6) is -0.588. The maximum atomic E-state index is 12.3. The predicted octanol–water partition coefficient (Wildman–Crippen LogP) is 2.32. The summed E-state index contributed by atoms with van der Waals surface area (Å²) in [6, 6.07) is 0. The first-order valence-corrected chi connectivity index (χ1v) is 8.27. The molecular weight excluding hydrogens is 273 g/mol. The van der Waals surface area contributed by atoms with Crippen LogP contribution in [-0.4, -0.2) is 35.5 Å². The normalized spacial score (nSPS) is 16.7. The van der Waals surface area contributed by atoms with Crippen LogP contribution in [0.15, 0.2) is 0 Å². The fourth-order valence-corrected chi connectivity index (χ4v) is 3.29. The Balaban J connectivity index is 5.06. The Bertz CT molecular complexity index is 365. The number of carbonyl (C=O) groups is 1. The van der Waals surface area contributed by atoms with Crippen molar-refractivity contribution in [1.82, 2.24) is 0 Å². The zero-order chi connectivity index (χ0) is 14.6. The molecule has 0 aliphatic rings. The average Bonchev–Trinajstić information content (AvgIpc) is 2.10. The maximum Gasteiger partial charge on any atom is 0.319 e. The summed E-state index contributed by atoms with van der Waals surface area (Å²) in [6.07, 6.45) is 0.0258. The van der Waals surface area contributed by atoms with Crippen molar-refractivity contribution >= 4 is 30.5 Å². The van der Waals surface area contributed by atoms with Crippen LogP contribution in [0.1, 0.15) is 34.1 Å². The number of ether oxygens (including phenoxy) is 1. The molecule has 0 bridgehead atoms. The van der Waals surface area contributed by atoms with Crippen LogP contribution in [0, 0.1) is 0 Å². The van der Waals surface area contributed by atoms with Gasteiger partial charge in [0.25, 0.3) is 0 Å². The molecule has 0 rings (SSSR count). The van der Waals surface area contributed by atoms with Crippen LogP contribution in [0.2, 0.25) is 0 Å². The van der Waals surface area contributed by atoms with Gasteiger partial charge in [0.05, 0.1) is 11.6 Å². The molecule has 0 aliphatic carbocycles. The van der Waals surface area contributed by atoms with Crippen molar-refractivity contribution in [3.8, 4) is 0 Å². The van der Waals surface area contributed by atoms with Crippen LogP contribution in [-0.2, 0) is 18.6 Å². The van der Waals surface area contributed by atoms with Crippen LogP contribution in [0.25, 0.3) is 0 Å². The van der Waals surface area contributed by atoms with E-state index in [1.165, 1.54) is 6.66 Å². The highest BCUT2D eigenvalue weighted by molar-refractivity contribution is 7.80. The lowest BCUT2D eigenvalue weighted by atomic mass is 10.2. The van der Waals surface area contributed by atoms with E-state index in [1.807, 2.05) is 0 Å². The first kappa shape index (κ1) is 17.6. The molecule has 0 spiro atoms. The van der Waals surface area contributed by atoms with Crippen molar-refractivity contribution in [3.63, 3.8) is 0 Å². The van der Waals surface area contributed by atoms with Crippen molar-refractivity contribution in [2.24, 2.45) is 5.73 Å². The van der Waals surface area contributed by atoms with E-state index < -0.39 is 24.6 Å². The van der Waals surface area contributed by atoms with E-state index >= 15 is 0 Å². The van der Waals surface area contributed by atoms with Crippen molar-refractivity contribution < 1.29 is 18.6 Å². The molecule has 0 radical (unpaired) electrons. The van der Waals surface area contributed by atoms with Gasteiger partial charge in [-0.05, 0) is 27.7 Å². The molecule has 7 heteroatoms. The van der Waals surface area contributed by atoms with Gasteiger partial charge in [-0.2, -0.15) is 0 Å². The number of thiocarbonyl (C=S) groups is 1. The van der Waals surface area contributed by atoms with Gasteiger partial charge in [0.2, 0.25) is 7.37 Å². The molecule has 0 fully saturated rings. The third kappa shape index (κ3) is 6.47. The molecule has 106 valence electrons. The molecule has 0 aromatic rings. The third-order valence-corrected chi connectivity index (χ3v) is 4.49. The van der Waals surface area contributed by atoms with E-state index in [2.05, 4.69) is 0 Å². The van der Waals surface area contributed by atoms with Crippen molar-refractivity contribution in [2.45, 2.75) is 45.4 Å². The number of nitrogens with two attached hydrogens (primary N) is 1. The van der Waals surface area contributed by atoms with Gasteiger partial charge in [0.1, 0.15) is 11.3 Å². The van der Waals surface area contributed by atoms with Gasteiger partial charge in [-0.15, -0.1) is 0 Å². The lowest BCUT2D eigenvalue weighted by molar-refractivity contribution is -0.154. The summed E-state index contributed by atoms with van der Waals surface area (Å²) >= 11 is 4.78. The van der Waals surface area contributed by atoms with Gasteiger partial charge in [-0.1, -0.05) is 12.2 Å². The summed E-state index contributed by atoms with van der Waals surface area (Å²) in [7, 11) is -3.14. The number of rotatable bonds is 6. The smallest absolute Gasteiger partial charge is 0.319 e. The standard InChI is InChI=1S/C11H22NO4PS/c1-6-15-17(5,14)8(7-9(12)18)10(13)16-11(2,3)4/h8H,6-7H2,1-5H3,(H2,12,18). The molecule has 0 saturated carbocycles. The zero-order valence-electron chi connectivity index (χ0n) is 11.6. The number of carbonyl (C=O) groups excluding carboxylic acids is 1. The van der Waals surface area contributed by atoms with Gasteiger partial charge in [-0.25, -0.2) is 0 Å². The number of esters is 1. The molecule has 0 aromatic heterocycles. The third-order valence-electron chi connectivity index (χ3n) is 2.02. The molecular formula is C11H22NO4PS. The Morgan fingerprint density at radius 1 is 1.44 bits per heavy atom. The largest absolute Gasteiger partial charge is 0.459 e. The molecule has 0 aromatic carbocycles. The van der Waals surface area contributed by atoms with Gasteiger partial charge in [0, 0.05) is 13.1 Å². The first-order valence-electron chi connectivity index (χ1n) is 5.72. The molecule has 5 nitrogen and oxygen atoms in total. The predicted molar refractivity (Wildman–Crippen MR) is 76.2 cm³/mol. The first-order chi connectivity index (χ1) is 7.99. The van der Waals surface area contributed by atoms with Crippen LogP contribution in [0.5, 0.6) is 0 Å². The molecule has 0 heterocycles. The molecule has 2 atom stereocenters. The summed E-state index contributed by atoms with van der Waals surface area (Å²) in [5.41, 5.74) is 3.84. The SMILES string of the molecule is CCOP(C)(=O)C(CC(N)=S)C(=O)OC(C)(C)C. The van der Waals surface area contributed by atoms with Gasteiger partial charge < -0.3 is 15.0 Å². The molecule has 0 amide bonds. The van der Waals surface area contributed by atoms with E-state index in [0.717, 1.165) is 0 Å². The molecule has 0 aliphatic heterocycles. The second-order valence-electron chi connectivity index (χ2n) is 5.05. The minimum atomic E-state index is -3.14. The monoisotopic (exact) mass is 295 g/mol. The quantitative estimate of drug-likeness (QED) is 0.460. The minimum Gasteiger partial charge on any atom is -0.459 e. The molecule has 2 unspecified atom stereocenters. The average molecular weight is 295 g/mol. The van der Waals surface area contributed by atoms with E-state index in [9.17, 15) is 9.36 Å². The molecule has 18 heavy (non-hydrogen) atoms. The minimum absolute atomic E-state index is 0.0258. The van der Waals surface area contributed by atoms with Crippen molar-refractivity contribution in [1.29, 1.82) is 0 Å². The van der Waals surface area contributed by atoms with E-state index in [0.29, 0.717) is 0 Å². The fraction of sp³-hybridized carbons (Fsp3) is 0.818. The topological polar surface area (TPSA) is 78.6 Å². The lowest BCUT2D eigenvalue weighted by Gasteiger charge is -2.27. The summed E-state index contributed by atoms with van der Waals surface area (Å²) < 4.78 is 22.7. The Kier molecular flexibility index (Phi) is 6.47. The van der Waals surface area contributed by atoms with Gasteiger partial charge in [0.15, 0.2) is 0 Å². The van der Waals surface area contributed by atoms with E-state index in [-0.39, 0.29) is 18.0 Å². The van der Waals surface area contributed by atoms with Gasteiger partial charge >= 0.3 is 5.97 Å². The Labute approximate surface area is 114 Å². The lowest BCUT2D eigenvalue weighted by Crippen LogP contribution is -2.34. The highest BCUT2D eigenvalue weighted by Crippen LogP contribution is 2.50. The van der Waals surface area contributed by atoms with Crippen molar-refractivity contribution in [2.75, 3.05) is 13.3 Å². The molecule has 2 N–H and O–H groups in total.